The third-order valence-electron chi connectivity index (χ3n) is 3.97. The molecule has 0 aliphatic carbocycles. The first kappa shape index (κ1) is 15.7. The van der Waals surface area contributed by atoms with E-state index in [9.17, 15) is 9.59 Å². The molecule has 0 saturated carbocycles. The molecule has 0 aliphatic heterocycles. The number of nitrogens with zero attached hydrogens (tertiary/aromatic N) is 5. The number of aromatic nitrogens is 4. The van der Waals surface area contributed by atoms with Crippen molar-refractivity contribution < 1.29 is 0 Å². The van der Waals surface area contributed by atoms with Crippen LogP contribution in [0.25, 0.3) is 5.69 Å². The molecule has 0 saturated heterocycles. The van der Waals surface area contributed by atoms with Crippen LogP contribution in [0, 0.1) is 13.8 Å². The van der Waals surface area contributed by atoms with Gasteiger partial charge in [-0.1, -0.05) is 18.2 Å². The molecule has 0 amide bonds. The summed E-state index contributed by atoms with van der Waals surface area (Å²) in [5.74, 6) is 0. The Bertz CT molecular complexity index is 1030. The van der Waals surface area contributed by atoms with E-state index >= 15 is 0 Å². The SMILES string of the molecule is Cc1[nH]n(C)c(=O)c1N=Nc1c(C)n(C)n(-c2ccccc2)c1=O. The molecule has 8 nitrogen and oxygen atoms in total. The monoisotopic (exact) mass is 326 g/mol. The van der Waals surface area contributed by atoms with Crippen molar-refractivity contribution in [3.63, 3.8) is 0 Å². The highest BCUT2D eigenvalue weighted by atomic mass is 16.1. The van der Waals surface area contributed by atoms with Crippen LogP contribution in [-0.2, 0) is 14.1 Å². The van der Waals surface area contributed by atoms with Gasteiger partial charge >= 0.3 is 0 Å². The third-order valence-corrected chi connectivity index (χ3v) is 3.97. The fourth-order valence-corrected chi connectivity index (χ4v) is 2.56. The second-order valence-corrected chi connectivity index (χ2v) is 5.56. The second kappa shape index (κ2) is 5.80. The number of nitrogens with one attached hydrogen (secondary N) is 1. The normalized spacial score (nSPS) is 11.5. The Balaban J connectivity index is 2.12. The number of H-pyrrole nitrogens is 1. The van der Waals surface area contributed by atoms with E-state index in [-0.39, 0.29) is 22.5 Å². The number of para-hydroxylation sites is 1. The quantitative estimate of drug-likeness (QED) is 0.748. The van der Waals surface area contributed by atoms with Gasteiger partial charge in [0.15, 0.2) is 11.4 Å². The van der Waals surface area contributed by atoms with Gasteiger partial charge in [-0.25, -0.2) is 4.68 Å². The van der Waals surface area contributed by atoms with E-state index in [4.69, 9.17) is 0 Å². The Morgan fingerprint density at radius 3 is 2.12 bits per heavy atom. The van der Waals surface area contributed by atoms with Crippen LogP contribution in [0.2, 0.25) is 0 Å². The van der Waals surface area contributed by atoms with Crippen molar-refractivity contribution >= 4 is 11.4 Å². The summed E-state index contributed by atoms with van der Waals surface area (Å²) in [6, 6.07) is 9.29. The van der Waals surface area contributed by atoms with Gasteiger partial charge in [0.25, 0.3) is 11.1 Å². The summed E-state index contributed by atoms with van der Waals surface area (Å²) in [6.07, 6.45) is 0. The Kier molecular flexibility index (Phi) is 3.80. The van der Waals surface area contributed by atoms with Crippen molar-refractivity contribution in [3.8, 4) is 5.69 Å². The highest BCUT2D eigenvalue weighted by Gasteiger charge is 2.16. The van der Waals surface area contributed by atoms with E-state index in [1.165, 1.54) is 9.36 Å². The van der Waals surface area contributed by atoms with E-state index in [0.29, 0.717) is 11.4 Å². The first-order valence-corrected chi connectivity index (χ1v) is 7.43. The molecule has 3 aromatic rings. The summed E-state index contributed by atoms with van der Waals surface area (Å²) in [5, 5.41) is 10.9. The van der Waals surface area contributed by atoms with Crippen LogP contribution in [0.1, 0.15) is 11.4 Å². The van der Waals surface area contributed by atoms with Gasteiger partial charge in [0.1, 0.15) is 0 Å². The molecular formula is C16H18N6O2. The van der Waals surface area contributed by atoms with Gasteiger partial charge in [-0.15, -0.1) is 10.2 Å². The number of benzene rings is 1. The van der Waals surface area contributed by atoms with Crippen molar-refractivity contribution in [2.75, 3.05) is 0 Å². The molecule has 0 radical (unpaired) electrons. The number of aromatic amines is 1. The van der Waals surface area contributed by atoms with Gasteiger partial charge in [0, 0.05) is 14.1 Å². The van der Waals surface area contributed by atoms with E-state index in [0.717, 1.165) is 5.69 Å². The molecule has 24 heavy (non-hydrogen) atoms. The van der Waals surface area contributed by atoms with E-state index in [2.05, 4.69) is 15.3 Å². The number of hydrogen-bond donors (Lipinski definition) is 1. The van der Waals surface area contributed by atoms with E-state index < -0.39 is 0 Å². The van der Waals surface area contributed by atoms with Gasteiger partial charge in [-0.05, 0) is 26.0 Å². The summed E-state index contributed by atoms with van der Waals surface area (Å²) in [5.41, 5.74) is 1.85. The summed E-state index contributed by atoms with van der Waals surface area (Å²) in [7, 11) is 3.38. The largest absolute Gasteiger partial charge is 0.299 e. The molecule has 2 aromatic heterocycles. The summed E-state index contributed by atoms with van der Waals surface area (Å²) in [6.45, 7) is 3.52. The zero-order chi connectivity index (χ0) is 17.4. The van der Waals surface area contributed by atoms with Crippen LogP contribution in [0.5, 0.6) is 0 Å². The molecule has 3 rings (SSSR count). The molecule has 8 heteroatoms. The van der Waals surface area contributed by atoms with Crippen molar-refractivity contribution in [3.05, 3.63) is 62.4 Å². The van der Waals surface area contributed by atoms with Crippen molar-refractivity contribution in [1.82, 2.24) is 19.1 Å². The van der Waals surface area contributed by atoms with Crippen LogP contribution in [0.4, 0.5) is 11.4 Å². The third kappa shape index (κ3) is 2.41. The molecule has 0 spiro atoms. The van der Waals surface area contributed by atoms with Gasteiger partial charge < -0.3 is 0 Å². The lowest BCUT2D eigenvalue weighted by Gasteiger charge is -2.07. The maximum absolute atomic E-state index is 12.7. The van der Waals surface area contributed by atoms with Crippen LogP contribution < -0.4 is 11.1 Å². The molecule has 0 aliphatic rings. The minimum absolute atomic E-state index is 0.200. The average molecular weight is 326 g/mol. The van der Waals surface area contributed by atoms with Crippen LogP contribution in [0.15, 0.2) is 50.1 Å². The predicted octanol–water partition coefficient (Wildman–Crippen LogP) is 2.24. The maximum Gasteiger partial charge on any atom is 0.299 e. The molecule has 0 fully saturated rings. The highest BCUT2D eigenvalue weighted by Crippen LogP contribution is 2.20. The Morgan fingerprint density at radius 2 is 1.54 bits per heavy atom. The van der Waals surface area contributed by atoms with Gasteiger partial charge in [0.2, 0.25) is 0 Å². The van der Waals surface area contributed by atoms with E-state index in [1.807, 2.05) is 30.3 Å². The van der Waals surface area contributed by atoms with Gasteiger partial charge in [-0.3, -0.25) is 24.1 Å². The topological polar surface area (TPSA) is 89.4 Å². The zero-order valence-corrected chi connectivity index (χ0v) is 13.9. The van der Waals surface area contributed by atoms with E-state index in [1.54, 1.807) is 32.6 Å². The minimum Gasteiger partial charge on any atom is -0.298 e. The standard InChI is InChI=1S/C16H18N6O2/c1-10-13(15(23)20(3)19-10)17-18-14-11(2)21(4)22(16(14)24)12-8-6-5-7-9-12/h5-9,19H,1-4H3. The fraction of sp³-hybridized carbons (Fsp3) is 0.250. The van der Waals surface area contributed by atoms with Crippen LogP contribution in [-0.4, -0.2) is 19.1 Å². The van der Waals surface area contributed by atoms with Crippen LogP contribution >= 0.6 is 0 Å². The summed E-state index contributed by atoms with van der Waals surface area (Å²) < 4.78 is 4.56. The van der Waals surface area contributed by atoms with Crippen molar-refractivity contribution in [2.24, 2.45) is 24.3 Å². The van der Waals surface area contributed by atoms with Crippen LogP contribution in [0.3, 0.4) is 0 Å². The highest BCUT2D eigenvalue weighted by molar-refractivity contribution is 5.45. The Hall–Kier alpha value is -3.16. The lowest BCUT2D eigenvalue weighted by molar-refractivity contribution is 0.630. The molecule has 0 atom stereocenters. The second-order valence-electron chi connectivity index (χ2n) is 5.56. The summed E-state index contributed by atoms with van der Waals surface area (Å²) in [4.78, 5) is 24.7. The van der Waals surface area contributed by atoms with Gasteiger partial charge in [0.05, 0.1) is 17.1 Å². The zero-order valence-electron chi connectivity index (χ0n) is 13.9. The van der Waals surface area contributed by atoms with Gasteiger partial charge in [-0.2, -0.15) is 0 Å². The number of hydrogen-bond acceptors (Lipinski definition) is 4. The maximum atomic E-state index is 12.7. The lowest BCUT2D eigenvalue weighted by Crippen LogP contribution is -2.19. The molecule has 0 bridgehead atoms. The minimum atomic E-state index is -0.284. The predicted molar refractivity (Wildman–Crippen MR) is 90.7 cm³/mol. The average Bonchev–Trinajstić information content (AvgIpc) is 2.93. The summed E-state index contributed by atoms with van der Waals surface area (Å²) >= 11 is 0. The first-order valence-electron chi connectivity index (χ1n) is 7.43. The molecule has 1 N–H and O–H groups in total. The van der Waals surface area contributed by atoms with Crippen molar-refractivity contribution in [1.29, 1.82) is 0 Å². The molecule has 2 heterocycles. The lowest BCUT2D eigenvalue weighted by atomic mass is 10.3. The Labute approximate surface area is 137 Å². The number of rotatable bonds is 3. The number of azo groups is 1. The number of aryl methyl sites for hydroxylation is 2. The first-order chi connectivity index (χ1) is 11.4. The Morgan fingerprint density at radius 1 is 0.917 bits per heavy atom. The smallest absolute Gasteiger partial charge is 0.298 e. The molecule has 124 valence electrons. The fourth-order valence-electron chi connectivity index (χ4n) is 2.56. The molecule has 0 unspecified atom stereocenters. The van der Waals surface area contributed by atoms with Crippen molar-refractivity contribution in [2.45, 2.75) is 13.8 Å². The molecular weight excluding hydrogens is 308 g/mol. The molecule has 1 aromatic carbocycles.